The number of aromatic nitrogens is 1. The van der Waals surface area contributed by atoms with E-state index in [4.69, 9.17) is 9.15 Å². The molecule has 142 valence electrons. The number of rotatable bonds is 3. The van der Waals surface area contributed by atoms with Crippen LogP contribution in [0.5, 0.6) is 0 Å². The molecule has 0 spiro atoms. The van der Waals surface area contributed by atoms with Crippen LogP contribution in [-0.4, -0.2) is 18.1 Å². The van der Waals surface area contributed by atoms with Crippen molar-refractivity contribution in [3.8, 4) is 22.5 Å². The van der Waals surface area contributed by atoms with Crippen molar-refractivity contribution in [3.63, 3.8) is 0 Å². The van der Waals surface area contributed by atoms with Crippen LogP contribution < -0.4 is 0 Å². The summed E-state index contributed by atoms with van der Waals surface area (Å²) in [5.74, 6) is 0.247. The Bertz CT molecular complexity index is 1100. The van der Waals surface area contributed by atoms with Gasteiger partial charge >= 0.3 is 5.97 Å². The standard InChI is InChI=1S/C22H17NO3.C2H6/c1-14-17(15-7-4-3-5-8-15)9-6-10-18(14)20-13-16-11-12-19(22(24)25-2)23-21(16)26-20;1-2/h3-13H,1-2H3;1-2H3. The van der Waals surface area contributed by atoms with Gasteiger partial charge in [0.15, 0.2) is 5.69 Å². The highest BCUT2D eigenvalue weighted by Gasteiger charge is 2.15. The minimum Gasteiger partial charge on any atom is -0.464 e. The first-order chi connectivity index (χ1) is 13.7. The third-order valence-electron chi connectivity index (χ3n) is 4.46. The third kappa shape index (κ3) is 3.67. The molecule has 2 aromatic heterocycles. The van der Waals surface area contributed by atoms with Gasteiger partial charge in [0.25, 0.3) is 0 Å². The average molecular weight is 373 g/mol. The lowest BCUT2D eigenvalue weighted by atomic mass is 9.95. The summed E-state index contributed by atoms with van der Waals surface area (Å²) in [6.45, 7) is 6.08. The van der Waals surface area contributed by atoms with E-state index in [9.17, 15) is 4.79 Å². The highest BCUT2D eigenvalue weighted by Crippen LogP contribution is 2.34. The van der Waals surface area contributed by atoms with E-state index in [1.807, 2.05) is 56.3 Å². The molecule has 0 N–H and O–H groups in total. The van der Waals surface area contributed by atoms with E-state index < -0.39 is 5.97 Å². The minimum atomic E-state index is -0.480. The largest absolute Gasteiger partial charge is 0.464 e. The fourth-order valence-corrected chi connectivity index (χ4v) is 3.10. The number of ether oxygens (including phenoxy) is 1. The second kappa shape index (κ2) is 8.53. The molecule has 28 heavy (non-hydrogen) atoms. The minimum absolute atomic E-state index is 0.232. The number of benzene rings is 2. The second-order valence-corrected chi connectivity index (χ2v) is 6.04. The molecular weight excluding hydrogens is 350 g/mol. The number of furan rings is 1. The van der Waals surface area contributed by atoms with Gasteiger partial charge in [0.05, 0.1) is 7.11 Å². The zero-order chi connectivity index (χ0) is 20.1. The second-order valence-electron chi connectivity index (χ2n) is 6.04. The van der Waals surface area contributed by atoms with Crippen molar-refractivity contribution < 1.29 is 13.9 Å². The van der Waals surface area contributed by atoms with Gasteiger partial charge in [-0.2, -0.15) is 0 Å². The van der Waals surface area contributed by atoms with Crippen LogP contribution in [0.15, 0.2) is 71.1 Å². The van der Waals surface area contributed by atoms with Crippen LogP contribution in [0.4, 0.5) is 0 Å². The Morgan fingerprint density at radius 1 is 0.929 bits per heavy atom. The van der Waals surface area contributed by atoms with Gasteiger partial charge < -0.3 is 9.15 Å². The molecule has 0 fully saturated rings. The smallest absolute Gasteiger partial charge is 0.356 e. The van der Waals surface area contributed by atoms with Crippen LogP contribution in [0.25, 0.3) is 33.6 Å². The molecule has 0 saturated heterocycles. The molecule has 4 nitrogen and oxygen atoms in total. The molecule has 0 saturated carbocycles. The number of hydrogen-bond acceptors (Lipinski definition) is 4. The van der Waals surface area contributed by atoms with Gasteiger partial charge in [0.1, 0.15) is 5.76 Å². The van der Waals surface area contributed by atoms with Crippen molar-refractivity contribution in [3.05, 3.63) is 78.0 Å². The van der Waals surface area contributed by atoms with E-state index in [1.165, 1.54) is 7.11 Å². The van der Waals surface area contributed by atoms with E-state index in [0.29, 0.717) is 5.71 Å². The molecule has 2 heterocycles. The predicted octanol–water partition coefficient (Wildman–Crippen LogP) is 6.28. The van der Waals surface area contributed by atoms with Gasteiger partial charge in [-0.15, -0.1) is 0 Å². The monoisotopic (exact) mass is 373 g/mol. The summed E-state index contributed by atoms with van der Waals surface area (Å²) < 4.78 is 10.7. The number of esters is 1. The van der Waals surface area contributed by atoms with Gasteiger partial charge in [-0.1, -0.05) is 62.4 Å². The Hall–Kier alpha value is -3.40. The molecule has 4 rings (SSSR count). The third-order valence-corrected chi connectivity index (χ3v) is 4.46. The Kier molecular flexibility index (Phi) is 5.90. The molecule has 0 aliphatic rings. The van der Waals surface area contributed by atoms with Crippen LogP contribution in [0.1, 0.15) is 29.9 Å². The van der Waals surface area contributed by atoms with Crippen LogP contribution in [0, 0.1) is 6.92 Å². The Morgan fingerprint density at radius 2 is 1.64 bits per heavy atom. The topological polar surface area (TPSA) is 52.3 Å². The molecule has 0 amide bonds. The Balaban J connectivity index is 0.00000109. The molecule has 0 unspecified atom stereocenters. The summed E-state index contributed by atoms with van der Waals surface area (Å²) in [7, 11) is 1.33. The first-order valence-electron chi connectivity index (χ1n) is 9.31. The molecule has 0 atom stereocenters. The number of carbonyl (C=O) groups is 1. The summed E-state index contributed by atoms with van der Waals surface area (Å²) >= 11 is 0. The van der Waals surface area contributed by atoms with Gasteiger partial charge in [-0.3, -0.25) is 0 Å². The first kappa shape index (κ1) is 19.4. The normalized spacial score (nSPS) is 10.3. The van der Waals surface area contributed by atoms with E-state index in [2.05, 4.69) is 30.1 Å². The van der Waals surface area contributed by atoms with Gasteiger partial charge in [0, 0.05) is 10.9 Å². The molecule has 4 aromatic rings. The SMILES string of the molecule is CC.COC(=O)c1ccc2cc(-c3cccc(-c4ccccc4)c3C)oc2n1. The van der Waals surface area contributed by atoms with Crippen molar-refractivity contribution in [2.75, 3.05) is 7.11 Å². The van der Waals surface area contributed by atoms with Crippen LogP contribution >= 0.6 is 0 Å². The van der Waals surface area contributed by atoms with Crippen LogP contribution in [-0.2, 0) is 4.74 Å². The number of nitrogens with zero attached hydrogens (tertiary/aromatic N) is 1. The highest BCUT2D eigenvalue weighted by atomic mass is 16.5. The fourth-order valence-electron chi connectivity index (χ4n) is 3.10. The fraction of sp³-hybridized carbons (Fsp3) is 0.167. The van der Waals surface area contributed by atoms with Gasteiger partial charge in [-0.25, -0.2) is 9.78 Å². The maximum Gasteiger partial charge on any atom is 0.356 e. The van der Waals surface area contributed by atoms with Crippen molar-refractivity contribution in [1.82, 2.24) is 4.98 Å². The van der Waals surface area contributed by atoms with Crippen molar-refractivity contribution in [2.45, 2.75) is 20.8 Å². The summed E-state index contributed by atoms with van der Waals surface area (Å²) in [5.41, 5.74) is 5.11. The van der Waals surface area contributed by atoms with Crippen LogP contribution in [0.3, 0.4) is 0 Å². The average Bonchev–Trinajstić information content (AvgIpc) is 3.18. The lowest BCUT2D eigenvalue weighted by molar-refractivity contribution is 0.0594. The molecule has 2 aromatic carbocycles. The summed E-state index contributed by atoms with van der Waals surface area (Å²) in [6.07, 6.45) is 0. The number of methoxy groups -OCH3 is 1. The van der Waals surface area contributed by atoms with Gasteiger partial charge in [-0.05, 0) is 41.8 Å². The number of carbonyl (C=O) groups excluding carboxylic acids is 1. The molecular formula is C24H23NO3. The van der Waals surface area contributed by atoms with E-state index >= 15 is 0 Å². The van der Waals surface area contributed by atoms with Crippen molar-refractivity contribution in [2.24, 2.45) is 0 Å². The molecule has 0 bridgehead atoms. The number of fused-ring (bicyclic) bond motifs is 1. The molecule has 0 aliphatic heterocycles. The molecule has 0 radical (unpaired) electrons. The summed E-state index contributed by atoms with van der Waals surface area (Å²) in [6, 6.07) is 21.8. The summed E-state index contributed by atoms with van der Waals surface area (Å²) in [4.78, 5) is 15.9. The van der Waals surface area contributed by atoms with E-state index in [0.717, 1.165) is 33.4 Å². The number of pyridine rings is 1. The van der Waals surface area contributed by atoms with Crippen LogP contribution in [0.2, 0.25) is 0 Å². The Labute approximate surface area is 164 Å². The van der Waals surface area contributed by atoms with Crippen molar-refractivity contribution >= 4 is 17.1 Å². The first-order valence-corrected chi connectivity index (χ1v) is 9.31. The molecule has 4 heteroatoms. The quantitative estimate of drug-likeness (QED) is 0.396. The maximum absolute atomic E-state index is 11.7. The maximum atomic E-state index is 11.7. The summed E-state index contributed by atoms with van der Waals surface area (Å²) in [5, 5.41) is 0.845. The lowest BCUT2D eigenvalue weighted by Crippen LogP contribution is -2.03. The Morgan fingerprint density at radius 3 is 2.36 bits per heavy atom. The predicted molar refractivity (Wildman–Crippen MR) is 112 cm³/mol. The lowest BCUT2D eigenvalue weighted by Gasteiger charge is -2.09. The van der Waals surface area contributed by atoms with Gasteiger partial charge in [0.2, 0.25) is 5.71 Å². The van der Waals surface area contributed by atoms with E-state index in [-0.39, 0.29) is 5.69 Å². The van der Waals surface area contributed by atoms with E-state index in [1.54, 1.807) is 6.07 Å². The zero-order valence-electron chi connectivity index (χ0n) is 16.5. The number of hydrogen-bond donors (Lipinski definition) is 0. The molecule has 0 aliphatic carbocycles. The zero-order valence-corrected chi connectivity index (χ0v) is 16.5. The van der Waals surface area contributed by atoms with Crippen molar-refractivity contribution in [1.29, 1.82) is 0 Å². The highest BCUT2D eigenvalue weighted by molar-refractivity contribution is 5.91.